The van der Waals surface area contributed by atoms with Gasteiger partial charge in [0.15, 0.2) is 0 Å². The Morgan fingerprint density at radius 1 is 1.00 bits per heavy atom. The molecule has 10 radical (unpaired) electrons. The van der Waals surface area contributed by atoms with Gasteiger partial charge in [-0.3, -0.25) is 4.79 Å². The van der Waals surface area contributed by atoms with Crippen molar-refractivity contribution in [3.05, 3.63) is 63.3 Å². The summed E-state index contributed by atoms with van der Waals surface area (Å²) in [7, 11) is 0. The minimum Gasteiger partial charge on any atom is -0.481 e. The van der Waals surface area contributed by atoms with Crippen LogP contribution in [0.1, 0.15) is 20.8 Å². The zero-order chi connectivity index (χ0) is 15.9. The van der Waals surface area contributed by atoms with E-state index in [0.717, 1.165) is 6.04 Å². The fourth-order valence-corrected chi connectivity index (χ4v) is 1.40. The number of carboxylic acids is 1. The summed E-state index contributed by atoms with van der Waals surface area (Å²) >= 11 is 0. The van der Waals surface area contributed by atoms with E-state index < -0.39 is 17.7 Å². The maximum Gasteiger partial charge on any atom is 2.00 e. The van der Waals surface area contributed by atoms with Crippen LogP contribution in [0.3, 0.4) is 0 Å². The van der Waals surface area contributed by atoms with E-state index in [4.69, 9.17) is 9.84 Å². The average Bonchev–Trinajstić information content (AvgIpc) is 2.98. The van der Waals surface area contributed by atoms with Crippen LogP contribution in [-0.4, -0.2) is 22.8 Å². The molecule has 1 amide bonds. The third-order valence-corrected chi connectivity index (χ3v) is 2.22. The zero-order valence-corrected chi connectivity index (χ0v) is 13.7. The largest absolute Gasteiger partial charge is 2.00 e. The number of ether oxygens (including phenoxy) is 1. The molecule has 2 aliphatic carbocycles. The van der Waals surface area contributed by atoms with Crippen LogP contribution in [-0.2, 0) is 26.6 Å². The number of amides is 1. The fraction of sp³-hybridized carbons (Fsp3) is 0.250. The predicted molar refractivity (Wildman–Crippen MR) is 77.9 cm³/mol. The van der Waals surface area contributed by atoms with Gasteiger partial charge < -0.3 is 15.2 Å². The summed E-state index contributed by atoms with van der Waals surface area (Å²) in [5.41, 5.74) is -0.448. The maximum atomic E-state index is 11.2. The number of carbonyl (C=O) groups excluding carboxylic acids is 1. The minimum atomic E-state index is -0.866. The molecule has 118 valence electrons. The van der Waals surface area contributed by atoms with E-state index >= 15 is 0 Å². The first-order chi connectivity index (χ1) is 9.78. The molecule has 2 fully saturated rings. The first kappa shape index (κ1) is 21.3. The molecule has 2 N–H and O–H groups in total. The zero-order valence-electron chi connectivity index (χ0n) is 12.6. The van der Waals surface area contributed by atoms with Crippen LogP contribution in [0.5, 0.6) is 0 Å². The number of alkyl carbamates (subject to hydrolysis) is 1. The first-order valence-corrected chi connectivity index (χ1v) is 6.44. The molecule has 0 aromatic heterocycles. The Bertz CT molecular complexity index is 343. The topological polar surface area (TPSA) is 75.6 Å². The fourth-order valence-electron chi connectivity index (χ4n) is 1.40. The molecular weight excluding hydrogens is 326 g/mol. The van der Waals surface area contributed by atoms with E-state index in [9.17, 15) is 9.59 Å². The summed E-state index contributed by atoms with van der Waals surface area (Å²) in [6, 6.07) is 0.759. The van der Waals surface area contributed by atoms with E-state index in [1.54, 1.807) is 25.7 Å². The second-order valence-electron chi connectivity index (χ2n) is 5.28. The van der Waals surface area contributed by atoms with Crippen molar-refractivity contribution in [1.82, 2.24) is 5.32 Å². The molecule has 0 unspecified atom stereocenters. The summed E-state index contributed by atoms with van der Waals surface area (Å²) in [6.07, 6.45) is 13.4. The summed E-state index contributed by atoms with van der Waals surface area (Å²) in [5, 5.41) is 10.9. The number of nitrogens with one attached hydrogen (secondary N) is 1. The maximum absolute atomic E-state index is 11.2. The molecule has 0 aliphatic heterocycles. The molecule has 0 aromatic rings. The molecule has 2 rings (SSSR count). The molecular formula is C16H19FeNO4+2. The van der Waals surface area contributed by atoms with Crippen molar-refractivity contribution < 1.29 is 36.5 Å². The van der Waals surface area contributed by atoms with Crippen molar-refractivity contribution >= 4 is 12.1 Å². The van der Waals surface area contributed by atoms with Crippen molar-refractivity contribution in [2.45, 2.75) is 26.4 Å². The molecule has 0 atom stereocenters. The summed E-state index contributed by atoms with van der Waals surface area (Å²) in [5.74, 6) is -0.514. The van der Waals surface area contributed by atoms with Crippen LogP contribution in [0.25, 0.3) is 0 Å². The third-order valence-electron chi connectivity index (χ3n) is 2.22. The molecule has 0 spiro atoms. The Morgan fingerprint density at radius 2 is 1.45 bits per heavy atom. The molecule has 0 heterocycles. The first-order valence-electron chi connectivity index (χ1n) is 6.44. The number of carbonyl (C=O) groups is 2. The van der Waals surface area contributed by atoms with Crippen molar-refractivity contribution in [2.24, 2.45) is 0 Å². The van der Waals surface area contributed by atoms with Crippen LogP contribution in [0.15, 0.2) is 0 Å². The van der Waals surface area contributed by atoms with Gasteiger partial charge in [0, 0.05) is 0 Å². The Balaban J connectivity index is 0.000000423. The van der Waals surface area contributed by atoms with Crippen LogP contribution in [0.4, 0.5) is 4.79 Å². The van der Waals surface area contributed by atoms with Crippen molar-refractivity contribution in [1.29, 1.82) is 0 Å². The normalized spacial score (nSPS) is 18.9. The van der Waals surface area contributed by atoms with E-state index in [1.807, 2.05) is 46.5 Å². The number of carboxylic acid groups (broad SMARTS) is 1. The summed E-state index contributed by atoms with van der Waals surface area (Å²) < 4.78 is 5.06. The van der Waals surface area contributed by atoms with E-state index in [1.165, 1.54) is 0 Å². The molecule has 2 saturated carbocycles. The summed E-state index contributed by atoms with van der Waals surface area (Å²) in [6.45, 7) is 5.49. The number of aliphatic carboxylic acids is 1. The second kappa shape index (κ2) is 10.1. The minimum absolute atomic E-state index is 0. The van der Waals surface area contributed by atoms with Gasteiger partial charge in [0.25, 0.3) is 0 Å². The second-order valence-corrected chi connectivity index (χ2v) is 5.28. The average molecular weight is 345 g/mol. The van der Waals surface area contributed by atoms with Gasteiger partial charge in [-0.05, 0) is 72.1 Å². The van der Waals surface area contributed by atoms with Crippen molar-refractivity contribution in [3.63, 3.8) is 0 Å². The van der Waals surface area contributed by atoms with Gasteiger partial charge in [-0.2, -0.15) is 0 Å². The number of hydrogen-bond donors (Lipinski definition) is 2. The van der Waals surface area contributed by atoms with Gasteiger partial charge in [0.1, 0.15) is 5.60 Å². The van der Waals surface area contributed by atoms with Crippen LogP contribution in [0, 0.1) is 63.3 Å². The van der Waals surface area contributed by atoms with E-state index in [0.29, 0.717) is 5.92 Å². The van der Waals surface area contributed by atoms with Crippen LogP contribution >= 0.6 is 0 Å². The van der Waals surface area contributed by atoms with E-state index in [2.05, 4.69) is 5.32 Å². The van der Waals surface area contributed by atoms with Gasteiger partial charge in [-0.1, -0.05) is 0 Å². The predicted octanol–water partition coefficient (Wildman–Crippen LogP) is 2.35. The van der Waals surface area contributed by atoms with Crippen molar-refractivity contribution in [3.8, 4) is 0 Å². The Kier molecular flexibility index (Phi) is 9.77. The SMILES string of the molecule is CC(C)(C)OC(=O)N[C]1[CH][CH][CH][CH]1.O=C(O)[C]1[CH][CH][CH][CH]1.[Fe+2]. The number of hydrogen-bond acceptors (Lipinski definition) is 3. The van der Waals surface area contributed by atoms with Gasteiger partial charge in [-0.25, -0.2) is 4.79 Å². The number of rotatable bonds is 2. The molecule has 6 heteroatoms. The van der Waals surface area contributed by atoms with Crippen LogP contribution < -0.4 is 5.32 Å². The smallest absolute Gasteiger partial charge is 0.481 e. The van der Waals surface area contributed by atoms with E-state index in [-0.39, 0.29) is 17.1 Å². The van der Waals surface area contributed by atoms with Gasteiger partial charge in [-0.15, -0.1) is 0 Å². The molecule has 22 heavy (non-hydrogen) atoms. The molecule has 2 aliphatic rings. The van der Waals surface area contributed by atoms with Crippen molar-refractivity contribution in [2.75, 3.05) is 0 Å². The monoisotopic (exact) mass is 345 g/mol. The molecule has 0 bridgehead atoms. The Morgan fingerprint density at radius 3 is 1.82 bits per heavy atom. The van der Waals surface area contributed by atoms with Crippen LogP contribution in [0.2, 0.25) is 0 Å². The van der Waals surface area contributed by atoms with Gasteiger partial charge in [0.2, 0.25) is 0 Å². The molecule has 0 aromatic carbocycles. The molecule has 5 nitrogen and oxygen atoms in total. The van der Waals surface area contributed by atoms with Gasteiger partial charge in [0.05, 0.1) is 12.0 Å². The van der Waals surface area contributed by atoms with Gasteiger partial charge >= 0.3 is 29.1 Å². The summed E-state index contributed by atoms with van der Waals surface area (Å²) in [4.78, 5) is 21.3. The molecule has 0 saturated heterocycles. The standard InChI is InChI=1S/C10H14NO2.C6H5O2.Fe/c1-10(2,3)13-9(12)11-8-6-4-5-7-8;7-6(8)5-3-1-2-4-5;/h4-7H,1-3H3,(H,11,12);1-4H,(H,7,8);/q;;+2. The third kappa shape index (κ3) is 9.31. The Labute approximate surface area is 144 Å². The Hall–Kier alpha value is -0.741. The quantitative estimate of drug-likeness (QED) is 0.754.